The van der Waals surface area contributed by atoms with E-state index in [0.717, 1.165) is 54.7 Å². The molecule has 0 radical (unpaired) electrons. The normalized spacial score (nSPS) is 34.9. The molecule has 5 nitrogen and oxygen atoms in total. The zero-order chi connectivity index (χ0) is 18.5. The van der Waals surface area contributed by atoms with Crippen molar-refractivity contribution in [2.75, 3.05) is 13.2 Å². The highest BCUT2D eigenvalue weighted by molar-refractivity contribution is 6.01. The molecule has 5 heteroatoms. The van der Waals surface area contributed by atoms with Gasteiger partial charge in [-0.3, -0.25) is 4.79 Å². The van der Waals surface area contributed by atoms with Gasteiger partial charge in [0.1, 0.15) is 0 Å². The van der Waals surface area contributed by atoms with Crippen LogP contribution in [0.15, 0.2) is 63.6 Å². The summed E-state index contributed by atoms with van der Waals surface area (Å²) in [6.07, 6.45) is 6.03. The Hall–Kier alpha value is -2.27. The molecule has 1 aromatic rings. The topological polar surface area (TPSA) is 63.0 Å². The number of hydrogen-bond donors (Lipinski definition) is 1. The molecule has 1 N–H and O–H groups in total. The lowest BCUT2D eigenvalue weighted by atomic mass is 9.57. The van der Waals surface area contributed by atoms with E-state index in [1.165, 1.54) is 0 Å². The van der Waals surface area contributed by atoms with E-state index in [1.807, 2.05) is 12.3 Å². The van der Waals surface area contributed by atoms with Crippen molar-refractivity contribution >= 4 is 5.78 Å². The fraction of sp³-hybridized carbons (Fsp3) is 0.500. The number of benzene rings is 1. The molecule has 1 fully saturated rings. The molecule has 1 saturated heterocycles. The first-order valence-electron chi connectivity index (χ1n) is 9.96. The molecule has 1 aromatic carbocycles. The number of rotatable bonds is 2. The van der Waals surface area contributed by atoms with Crippen molar-refractivity contribution in [1.82, 2.24) is 5.32 Å². The van der Waals surface area contributed by atoms with Gasteiger partial charge in [0, 0.05) is 35.3 Å². The molecular weight excluding hydrogens is 338 g/mol. The van der Waals surface area contributed by atoms with E-state index in [4.69, 9.17) is 4.74 Å². The Morgan fingerprint density at radius 1 is 1.26 bits per heavy atom. The second-order valence-corrected chi connectivity index (χ2v) is 8.27. The summed E-state index contributed by atoms with van der Waals surface area (Å²) in [5, 5.41) is 12.2. The van der Waals surface area contributed by atoms with Gasteiger partial charge in [0.05, 0.1) is 18.2 Å². The van der Waals surface area contributed by atoms with Crippen molar-refractivity contribution < 1.29 is 9.53 Å². The summed E-state index contributed by atoms with van der Waals surface area (Å²) in [6, 6.07) is 10.4. The first kappa shape index (κ1) is 16.9. The van der Waals surface area contributed by atoms with Crippen LogP contribution in [0.25, 0.3) is 0 Å². The number of ether oxygens (including phenoxy) is 1. The zero-order valence-electron chi connectivity index (χ0n) is 15.7. The molecule has 0 amide bonds. The number of allylic oxidation sites excluding steroid dienone is 2. The molecule has 3 heterocycles. The average molecular weight is 363 g/mol. The van der Waals surface area contributed by atoms with E-state index in [2.05, 4.69) is 46.7 Å². The first-order valence-corrected chi connectivity index (χ1v) is 9.96. The van der Waals surface area contributed by atoms with Crippen LogP contribution in [0.1, 0.15) is 44.6 Å². The maximum absolute atomic E-state index is 13.6. The molecular formula is C22H25N3O2. The molecule has 1 aliphatic carbocycles. The summed E-state index contributed by atoms with van der Waals surface area (Å²) in [7, 11) is 0. The van der Waals surface area contributed by atoms with Crippen LogP contribution in [0.3, 0.4) is 0 Å². The van der Waals surface area contributed by atoms with Crippen LogP contribution in [0.2, 0.25) is 0 Å². The van der Waals surface area contributed by atoms with Gasteiger partial charge < -0.3 is 10.1 Å². The summed E-state index contributed by atoms with van der Waals surface area (Å²) in [5.41, 5.74) is 3.75. The van der Waals surface area contributed by atoms with Crippen LogP contribution >= 0.6 is 0 Å². The van der Waals surface area contributed by atoms with Gasteiger partial charge in [-0.25, -0.2) is 0 Å². The number of Topliss-reactive ketones (excluding diaryl/α,β-unsaturated/α-hetero) is 1. The van der Waals surface area contributed by atoms with Crippen molar-refractivity contribution in [2.24, 2.45) is 15.6 Å². The van der Waals surface area contributed by atoms with E-state index in [0.29, 0.717) is 13.0 Å². The van der Waals surface area contributed by atoms with Gasteiger partial charge in [-0.1, -0.05) is 37.3 Å². The fourth-order valence-electron chi connectivity index (χ4n) is 5.60. The van der Waals surface area contributed by atoms with Crippen LogP contribution < -0.4 is 5.32 Å². The van der Waals surface area contributed by atoms with E-state index < -0.39 is 5.41 Å². The molecule has 0 saturated carbocycles. The lowest BCUT2D eigenvalue weighted by molar-refractivity contribution is -0.123. The quantitative estimate of drug-likeness (QED) is 0.863. The third kappa shape index (κ3) is 2.37. The maximum Gasteiger partial charge on any atom is 0.164 e. The molecule has 4 aliphatic rings. The van der Waals surface area contributed by atoms with E-state index in [-0.39, 0.29) is 17.4 Å². The Balaban J connectivity index is 1.69. The van der Waals surface area contributed by atoms with Crippen molar-refractivity contribution in [3.8, 4) is 0 Å². The van der Waals surface area contributed by atoms with Crippen molar-refractivity contribution in [3.05, 3.63) is 58.9 Å². The van der Waals surface area contributed by atoms with Gasteiger partial charge in [-0.2, -0.15) is 10.2 Å². The highest BCUT2D eigenvalue weighted by atomic mass is 16.5. The SMILES string of the molecule is CC[C@@]1(c2ccccc2)C2=CN=NC2NC2=C1C(=O)C[C@@]1(CCCOC1)C2. The standard InChI is InChI=1S/C22H25N3O2/c1-2-22(15-7-4-3-5-8-15)16-13-23-25-20(16)24-17-11-21(9-6-10-27-14-21)12-18(26)19(17)22/h3-5,7-8,13,20,24H,2,6,9-12,14H2,1H3/t20?,21-,22-/m1/s1. The highest BCUT2D eigenvalue weighted by Gasteiger charge is 2.54. The maximum atomic E-state index is 13.6. The van der Waals surface area contributed by atoms with Crippen molar-refractivity contribution in [1.29, 1.82) is 0 Å². The predicted octanol–water partition coefficient (Wildman–Crippen LogP) is 4.03. The minimum atomic E-state index is -0.440. The number of ketones is 1. The fourth-order valence-corrected chi connectivity index (χ4v) is 5.60. The Labute approximate surface area is 159 Å². The highest BCUT2D eigenvalue weighted by Crippen LogP contribution is 2.54. The predicted molar refractivity (Wildman–Crippen MR) is 102 cm³/mol. The third-order valence-corrected chi connectivity index (χ3v) is 6.77. The minimum absolute atomic E-state index is 0.0612. The van der Waals surface area contributed by atoms with Gasteiger partial charge in [0.15, 0.2) is 11.9 Å². The number of carbonyl (C=O) groups excluding carboxylic acids is 1. The average Bonchev–Trinajstić information content (AvgIpc) is 3.16. The number of hydrogen-bond acceptors (Lipinski definition) is 5. The third-order valence-electron chi connectivity index (χ3n) is 6.77. The Morgan fingerprint density at radius 3 is 2.85 bits per heavy atom. The summed E-state index contributed by atoms with van der Waals surface area (Å²) in [5.74, 6) is 0.256. The molecule has 5 rings (SSSR count). The van der Waals surface area contributed by atoms with Gasteiger partial charge in [0.25, 0.3) is 0 Å². The summed E-state index contributed by atoms with van der Waals surface area (Å²) < 4.78 is 5.78. The molecule has 0 aromatic heterocycles. The second kappa shape index (κ2) is 6.13. The summed E-state index contributed by atoms with van der Waals surface area (Å²) >= 11 is 0. The van der Waals surface area contributed by atoms with Gasteiger partial charge in [0.2, 0.25) is 0 Å². The van der Waals surface area contributed by atoms with Gasteiger partial charge >= 0.3 is 0 Å². The molecule has 1 spiro atoms. The van der Waals surface area contributed by atoms with E-state index in [9.17, 15) is 4.79 Å². The Bertz CT molecular complexity index is 865. The van der Waals surface area contributed by atoms with Crippen LogP contribution in [0, 0.1) is 5.41 Å². The number of nitrogens with zero attached hydrogens (tertiary/aromatic N) is 2. The van der Waals surface area contributed by atoms with E-state index >= 15 is 0 Å². The van der Waals surface area contributed by atoms with Crippen LogP contribution in [0.5, 0.6) is 0 Å². The molecule has 1 unspecified atom stereocenters. The molecule has 140 valence electrons. The zero-order valence-corrected chi connectivity index (χ0v) is 15.7. The van der Waals surface area contributed by atoms with Crippen LogP contribution in [0.4, 0.5) is 0 Å². The van der Waals surface area contributed by atoms with Crippen molar-refractivity contribution in [3.63, 3.8) is 0 Å². The Morgan fingerprint density at radius 2 is 2.11 bits per heavy atom. The molecule has 3 aliphatic heterocycles. The Kier molecular flexibility index (Phi) is 3.83. The van der Waals surface area contributed by atoms with Gasteiger partial charge in [-0.15, -0.1) is 0 Å². The summed E-state index contributed by atoms with van der Waals surface area (Å²) in [6.45, 7) is 3.65. The number of nitrogens with one attached hydrogen (secondary N) is 1. The van der Waals surface area contributed by atoms with E-state index in [1.54, 1.807) is 0 Å². The minimum Gasteiger partial charge on any atom is -0.381 e. The largest absolute Gasteiger partial charge is 0.381 e. The molecule has 3 atom stereocenters. The first-order chi connectivity index (χ1) is 13.2. The monoisotopic (exact) mass is 363 g/mol. The molecule has 0 bridgehead atoms. The van der Waals surface area contributed by atoms with Crippen LogP contribution in [-0.4, -0.2) is 25.2 Å². The summed E-state index contributed by atoms with van der Waals surface area (Å²) in [4.78, 5) is 13.6. The molecule has 27 heavy (non-hydrogen) atoms. The van der Waals surface area contributed by atoms with Crippen LogP contribution in [-0.2, 0) is 14.9 Å². The number of fused-ring (bicyclic) bond motifs is 1. The smallest absolute Gasteiger partial charge is 0.164 e. The van der Waals surface area contributed by atoms with Crippen molar-refractivity contribution in [2.45, 2.75) is 50.6 Å². The number of carbonyl (C=O) groups is 1. The lowest BCUT2D eigenvalue weighted by Crippen LogP contribution is -2.53. The van der Waals surface area contributed by atoms with Gasteiger partial charge in [-0.05, 0) is 31.2 Å². The number of azo groups is 1. The second-order valence-electron chi connectivity index (χ2n) is 8.27. The lowest BCUT2D eigenvalue weighted by Gasteiger charge is -2.49.